The Morgan fingerprint density at radius 2 is 2.14 bits per heavy atom. The van der Waals surface area contributed by atoms with Crippen LogP contribution in [0.2, 0.25) is 0 Å². The van der Waals surface area contributed by atoms with Gasteiger partial charge in [0, 0.05) is 12.4 Å². The number of rotatable bonds is 0. The number of H-pyrrole nitrogens is 1. The summed E-state index contributed by atoms with van der Waals surface area (Å²) in [6.07, 6.45) is 5.08. The van der Waals surface area contributed by atoms with Crippen molar-refractivity contribution in [2.75, 3.05) is 0 Å². The molecule has 1 aromatic heterocycles. The molecule has 0 amide bonds. The Hall–Kier alpha value is -1.05. The van der Waals surface area contributed by atoms with Crippen LogP contribution in [0.4, 0.5) is 0 Å². The Morgan fingerprint density at radius 3 is 2.29 bits per heavy atom. The van der Waals surface area contributed by atoms with E-state index >= 15 is 0 Å². The summed E-state index contributed by atoms with van der Waals surface area (Å²) < 4.78 is 0. The summed E-state index contributed by atoms with van der Waals surface area (Å²) >= 11 is 0. The van der Waals surface area contributed by atoms with Crippen LogP contribution in [0.5, 0.6) is 0 Å². The molecule has 0 aliphatic heterocycles. The molecular formula is C5H8N2. The van der Waals surface area contributed by atoms with E-state index in [9.17, 15) is 0 Å². The summed E-state index contributed by atoms with van der Waals surface area (Å²) in [7, 11) is 0. The van der Waals surface area contributed by atoms with Crippen molar-refractivity contribution in [2.45, 2.75) is 0 Å². The Kier molecular flexibility index (Phi) is 4.21. The molecule has 38 valence electrons. The number of imidazole rings is 1. The molecule has 0 spiro atoms. The summed E-state index contributed by atoms with van der Waals surface area (Å²) in [6.45, 7) is 6.00. The van der Waals surface area contributed by atoms with Crippen LogP contribution in [0.1, 0.15) is 0 Å². The molecule has 0 aliphatic rings. The molecule has 0 saturated heterocycles. The number of aromatic amines is 1. The molecule has 0 aliphatic carbocycles. The SMILES string of the molecule is C=C.c1c[nH]cn1. The molecule has 0 radical (unpaired) electrons. The molecular weight excluding hydrogens is 88.1 g/mol. The molecule has 0 fully saturated rings. The van der Waals surface area contributed by atoms with Crippen molar-refractivity contribution in [3.05, 3.63) is 31.9 Å². The maximum absolute atomic E-state index is 3.67. The number of hydrogen-bond acceptors (Lipinski definition) is 1. The third-order valence-corrected chi connectivity index (χ3v) is 0.406. The summed E-state index contributed by atoms with van der Waals surface area (Å²) in [4.78, 5) is 6.42. The molecule has 0 atom stereocenters. The van der Waals surface area contributed by atoms with Gasteiger partial charge in [-0.2, -0.15) is 0 Å². The van der Waals surface area contributed by atoms with E-state index in [-0.39, 0.29) is 0 Å². The Morgan fingerprint density at radius 1 is 1.43 bits per heavy atom. The predicted octanol–water partition coefficient (Wildman–Crippen LogP) is 1.21. The van der Waals surface area contributed by atoms with Crippen LogP contribution in [0.15, 0.2) is 31.9 Å². The van der Waals surface area contributed by atoms with E-state index in [1.807, 2.05) is 0 Å². The lowest BCUT2D eigenvalue weighted by atomic mass is 11.0. The first-order valence-corrected chi connectivity index (χ1v) is 1.93. The van der Waals surface area contributed by atoms with Crippen LogP contribution in [0.3, 0.4) is 0 Å². The van der Waals surface area contributed by atoms with Gasteiger partial charge < -0.3 is 4.98 Å². The summed E-state index contributed by atoms with van der Waals surface area (Å²) in [5.41, 5.74) is 0. The largest absolute Gasteiger partial charge is 0.351 e. The molecule has 7 heavy (non-hydrogen) atoms. The van der Waals surface area contributed by atoms with E-state index in [1.54, 1.807) is 18.7 Å². The third-order valence-electron chi connectivity index (χ3n) is 0.406. The molecule has 0 saturated carbocycles. The molecule has 1 N–H and O–H groups in total. The minimum absolute atomic E-state index is 1.62. The average molecular weight is 96.1 g/mol. The van der Waals surface area contributed by atoms with Crippen LogP contribution in [-0.2, 0) is 0 Å². The van der Waals surface area contributed by atoms with Gasteiger partial charge in [-0.05, 0) is 0 Å². The molecule has 1 rings (SSSR count). The lowest BCUT2D eigenvalue weighted by molar-refractivity contribution is 1.31. The van der Waals surface area contributed by atoms with Crippen molar-refractivity contribution in [1.82, 2.24) is 9.97 Å². The number of nitrogens with zero attached hydrogens (tertiary/aromatic N) is 1. The molecule has 2 heteroatoms. The molecule has 1 heterocycles. The van der Waals surface area contributed by atoms with Crippen molar-refractivity contribution in [3.8, 4) is 0 Å². The number of hydrogen-bond donors (Lipinski definition) is 1. The van der Waals surface area contributed by atoms with E-state index < -0.39 is 0 Å². The van der Waals surface area contributed by atoms with E-state index in [0.717, 1.165) is 0 Å². The van der Waals surface area contributed by atoms with Crippen LogP contribution in [0, 0.1) is 0 Å². The van der Waals surface area contributed by atoms with Crippen molar-refractivity contribution in [2.24, 2.45) is 0 Å². The smallest absolute Gasteiger partial charge is 0.0919 e. The van der Waals surface area contributed by atoms with E-state index in [1.165, 1.54) is 0 Å². The van der Waals surface area contributed by atoms with Gasteiger partial charge in [0.25, 0.3) is 0 Å². The van der Waals surface area contributed by atoms with E-state index in [4.69, 9.17) is 0 Å². The first kappa shape index (κ1) is 5.95. The maximum Gasteiger partial charge on any atom is 0.0919 e. The predicted molar refractivity (Wildman–Crippen MR) is 29.8 cm³/mol. The Bertz CT molecular complexity index is 73.0. The summed E-state index contributed by atoms with van der Waals surface area (Å²) in [5, 5.41) is 0. The van der Waals surface area contributed by atoms with Gasteiger partial charge in [0.05, 0.1) is 6.33 Å². The monoisotopic (exact) mass is 96.1 g/mol. The fourth-order valence-corrected chi connectivity index (χ4v) is 0.215. The summed E-state index contributed by atoms with van der Waals surface area (Å²) in [6, 6.07) is 0. The van der Waals surface area contributed by atoms with Gasteiger partial charge in [0.1, 0.15) is 0 Å². The van der Waals surface area contributed by atoms with E-state index in [0.29, 0.717) is 0 Å². The second-order valence-corrected chi connectivity index (χ2v) is 0.761. The minimum Gasteiger partial charge on any atom is -0.351 e. The Labute approximate surface area is 42.9 Å². The minimum atomic E-state index is 1.62. The highest BCUT2D eigenvalue weighted by atomic mass is 14.8. The topological polar surface area (TPSA) is 28.7 Å². The van der Waals surface area contributed by atoms with Crippen LogP contribution >= 0.6 is 0 Å². The van der Waals surface area contributed by atoms with Gasteiger partial charge in [-0.3, -0.25) is 0 Å². The van der Waals surface area contributed by atoms with Gasteiger partial charge in [-0.25, -0.2) is 4.98 Å². The fourth-order valence-electron chi connectivity index (χ4n) is 0.215. The van der Waals surface area contributed by atoms with Gasteiger partial charge in [-0.15, -0.1) is 13.2 Å². The zero-order valence-corrected chi connectivity index (χ0v) is 4.09. The normalized spacial score (nSPS) is 6.29. The van der Waals surface area contributed by atoms with Crippen molar-refractivity contribution in [3.63, 3.8) is 0 Å². The highest BCUT2D eigenvalue weighted by Crippen LogP contribution is 1.62. The van der Waals surface area contributed by atoms with Crippen molar-refractivity contribution < 1.29 is 0 Å². The zero-order chi connectivity index (χ0) is 5.54. The molecule has 0 aromatic carbocycles. The highest BCUT2D eigenvalue weighted by Gasteiger charge is 1.56. The molecule has 1 aromatic rings. The lowest BCUT2D eigenvalue weighted by Crippen LogP contribution is -1.44. The molecule has 0 bridgehead atoms. The lowest BCUT2D eigenvalue weighted by Gasteiger charge is -1.46. The quantitative estimate of drug-likeness (QED) is 0.483. The van der Waals surface area contributed by atoms with Crippen LogP contribution in [0.25, 0.3) is 0 Å². The fraction of sp³-hybridized carbons (Fsp3) is 0. The van der Waals surface area contributed by atoms with Gasteiger partial charge >= 0.3 is 0 Å². The van der Waals surface area contributed by atoms with Gasteiger partial charge in [-0.1, -0.05) is 0 Å². The molecule has 0 unspecified atom stereocenters. The highest BCUT2D eigenvalue weighted by molar-refractivity contribution is 4.64. The van der Waals surface area contributed by atoms with Crippen LogP contribution in [-0.4, -0.2) is 9.97 Å². The Balaban J connectivity index is 0.000000162. The standard InChI is InChI=1S/C3H4N2.C2H4/c1-2-5-3-4-1;1-2/h1-3H,(H,4,5);1-2H2. The number of nitrogens with one attached hydrogen (secondary N) is 1. The first-order valence-electron chi connectivity index (χ1n) is 1.93. The van der Waals surface area contributed by atoms with Crippen molar-refractivity contribution >= 4 is 0 Å². The van der Waals surface area contributed by atoms with Gasteiger partial charge in [0.2, 0.25) is 0 Å². The second-order valence-electron chi connectivity index (χ2n) is 0.761. The molecule has 2 nitrogen and oxygen atoms in total. The average Bonchev–Trinajstić information content (AvgIpc) is 2.23. The summed E-state index contributed by atoms with van der Waals surface area (Å²) in [5.74, 6) is 0. The maximum atomic E-state index is 3.67. The zero-order valence-electron chi connectivity index (χ0n) is 4.09. The van der Waals surface area contributed by atoms with Crippen molar-refractivity contribution in [1.29, 1.82) is 0 Å². The van der Waals surface area contributed by atoms with Crippen LogP contribution < -0.4 is 0 Å². The van der Waals surface area contributed by atoms with Gasteiger partial charge in [0.15, 0.2) is 0 Å². The second kappa shape index (κ2) is 4.95. The van der Waals surface area contributed by atoms with E-state index in [2.05, 4.69) is 23.1 Å². The number of aromatic nitrogens is 2. The third kappa shape index (κ3) is 2.76. The first-order chi connectivity index (χ1) is 3.50.